The third kappa shape index (κ3) is 5.37. The summed E-state index contributed by atoms with van der Waals surface area (Å²) in [4.78, 5) is 11.2. The first-order valence-corrected chi connectivity index (χ1v) is 7.20. The fraction of sp³-hybridized carbons (Fsp3) is 0.308. The van der Waals surface area contributed by atoms with Crippen LogP contribution in [-0.4, -0.2) is 18.3 Å². The molecule has 0 aromatic carbocycles. The summed E-state index contributed by atoms with van der Waals surface area (Å²) < 4.78 is 7.11. The average molecular weight is 295 g/mol. The Labute approximate surface area is 122 Å². The number of pyridine rings is 1. The zero-order valence-electron chi connectivity index (χ0n) is 10.6. The predicted molar refractivity (Wildman–Crippen MR) is 78.2 cm³/mol. The largest absolute Gasteiger partial charge is 0.466 e. The molecule has 0 aliphatic rings. The number of hydrogen-bond acceptors (Lipinski definition) is 5. The number of carbonyl (C=O) groups excluding carboxylic acids is 1. The van der Waals surface area contributed by atoms with Crippen molar-refractivity contribution in [2.45, 2.75) is 13.3 Å². The normalized spacial score (nSPS) is 11.4. The van der Waals surface area contributed by atoms with Crippen LogP contribution in [0.5, 0.6) is 0 Å². The minimum Gasteiger partial charge on any atom is -0.466 e. The molecule has 0 fully saturated rings. The fourth-order valence-corrected chi connectivity index (χ4v) is 2.49. The van der Waals surface area contributed by atoms with Crippen LogP contribution in [0.2, 0.25) is 0 Å². The lowest BCUT2D eigenvalue weighted by atomic mass is 10.4. The van der Waals surface area contributed by atoms with E-state index in [2.05, 4.69) is 18.7 Å². The Morgan fingerprint density at radius 2 is 2.11 bits per heavy atom. The molecular weight excluding hydrogens is 280 g/mol. The number of hydrogen-bond donors (Lipinski definition) is 1. The van der Waals surface area contributed by atoms with Gasteiger partial charge in [0, 0.05) is 17.9 Å². The van der Waals surface area contributed by atoms with Gasteiger partial charge in [0.05, 0.1) is 13.0 Å². The number of nitriles is 1. The molecule has 1 heterocycles. The molecule has 0 atom stereocenters. The van der Waals surface area contributed by atoms with Gasteiger partial charge in [0.15, 0.2) is 18.5 Å². The smallest absolute Gasteiger partial charge is 0.308 e. The van der Waals surface area contributed by atoms with E-state index in [-0.39, 0.29) is 5.97 Å². The summed E-state index contributed by atoms with van der Waals surface area (Å²) in [5.74, 6) is 0.304. The highest BCUT2D eigenvalue weighted by Crippen LogP contribution is 2.24. The molecule has 0 unspecified atom stereocenters. The van der Waals surface area contributed by atoms with Crippen LogP contribution in [0.15, 0.2) is 34.8 Å². The van der Waals surface area contributed by atoms with Crippen molar-refractivity contribution in [3.05, 3.63) is 34.8 Å². The third-order valence-electron chi connectivity index (χ3n) is 2.13. The van der Waals surface area contributed by atoms with Gasteiger partial charge in [-0.25, -0.2) is 0 Å². The van der Waals surface area contributed by atoms with Gasteiger partial charge in [0.1, 0.15) is 4.24 Å². The molecule has 0 spiro atoms. The van der Waals surface area contributed by atoms with Gasteiger partial charge < -0.3 is 4.74 Å². The summed E-state index contributed by atoms with van der Waals surface area (Å²) >= 11 is 5.68. The monoisotopic (exact) mass is 295 g/mol. The van der Waals surface area contributed by atoms with Crippen LogP contribution >= 0.6 is 24.4 Å². The number of aromatic nitrogens is 1. The summed E-state index contributed by atoms with van der Waals surface area (Å²) in [6.07, 6.45) is 3.86. The lowest BCUT2D eigenvalue weighted by Crippen LogP contribution is -2.30. The zero-order chi connectivity index (χ0) is 14.1. The maximum Gasteiger partial charge on any atom is 0.308 e. The van der Waals surface area contributed by atoms with Gasteiger partial charge in [-0.3, -0.25) is 4.79 Å². The van der Waals surface area contributed by atoms with E-state index in [4.69, 9.17) is 10.00 Å². The Morgan fingerprint density at radius 3 is 2.68 bits per heavy atom. The predicted octanol–water partition coefficient (Wildman–Crippen LogP) is 2.24. The number of thioether (sulfide) groups is 1. The first-order valence-electron chi connectivity index (χ1n) is 5.77. The molecule has 0 bridgehead atoms. The van der Waals surface area contributed by atoms with Crippen molar-refractivity contribution in [3.63, 3.8) is 0 Å². The highest BCUT2D eigenvalue weighted by atomic mass is 32.2. The molecule has 0 radical (unpaired) electrons. The highest BCUT2D eigenvalue weighted by Gasteiger charge is 2.14. The van der Waals surface area contributed by atoms with Gasteiger partial charge in [-0.05, 0) is 6.92 Å². The zero-order valence-corrected chi connectivity index (χ0v) is 12.3. The first-order chi connectivity index (χ1) is 9.19. The molecule has 100 valence electrons. The van der Waals surface area contributed by atoms with Crippen LogP contribution in [0.1, 0.15) is 13.3 Å². The minimum atomic E-state index is -0.234. The molecule has 0 saturated carbocycles. The van der Waals surface area contributed by atoms with E-state index in [1.165, 1.54) is 11.8 Å². The molecule has 0 aliphatic carbocycles. The topological polar surface area (TPSA) is 54.0 Å². The van der Waals surface area contributed by atoms with Gasteiger partial charge in [0.25, 0.3) is 0 Å². The van der Waals surface area contributed by atoms with Crippen LogP contribution in [0.3, 0.4) is 0 Å². The second-order valence-corrected chi connectivity index (χ2v) is 5.31. The summed E-state index contributed by atoms with van der Waals surface area (Å²) in [5.41, 5.74) is 0.442. The lowest BCUT2D eigenvalue weighted by Gasteiger charge is -2.01. The van der Waals surface area contributed by atoms with Gasteiger partial charge in [-0.15, -0.1) is 24.4 Å². The van der Waals surface area contributed by atoms with Crippen molar-refractivity contribution >= 4 is 36.1 Å². The van der Waals surface area contributed by atoms with Gasteiger partial charge in [0.2, 0.25) is 0 Å². The number of esters is 1. The maximum atomic E-state index is 11.2. The standard InChI is InChI=1S/C13H14N2O2S2/c1-2-17-12(16)6-9-19-13(18)11(10-14)15-7-4-3-5-8-15/h3-5,7-8H,2,6,9H2,1H3/p+1/b13-11+. The lowest BCUT2D eigenvalue weighted by molar-refractivity contribution is -0.577. The van der Waals surface area contributed by atoms with E-state index in [0.29, 0.717) is 28.7 Å². The van der Waals surface area contributed by atoms with Crippen LogP contribution < -0.4 is 4.57 Å². The SMILES string of the molecule is CCOC(=O)CCS/C(S)=C(\C#N)[n+]1ccccc1. The molecule has 6 heteroatoms. The molecule has 0 saturated heterocycles. The molecule has 0 amide bonds. The summed E-state index contributed by atoms with van der Waals surface area (Å²) in [6, 6.07) is 7.65. The Kier molecular flexibility index (Phi) is 7.08. The maximum absolute atomic E-state index is 11.2. The van der Waals surface area contributed by atoms with Gasteiger partial charge >= 0.3 is 11.7 Å². The molecular formula is C13H15N2O2S2+. The molecule has 1 rings (SSSR count). The molecule has 0 N–H and O–H groups in total. The quantitative estimate of drug-likeness (QED) is 0.378. The molecule has 0 aliphatic heterocycles. The summed E-state index contributed by atoms with van der Waals surface area (Å²) in [6.45, 7) is 2.16. The van der Waals surface area contributed by atoms with Crippen molar-refractivity contribution in [2.24, 2.45) is 0 Å². The molecule has 19 heavy (non-hydrogen) atoms. The third-order valence-corrected chi connectivity index (χ3v) is 3.61. The van der Waals surface area contributed by atoms with E-state index >= 15 is 0 Å². The molecule has 4 nitrogen and oxygen atoms in total. The Bertz CT molecular complexity index is 495. The second-order valence-electron chi connectivity index (χ2n) is 3.45. The van der Waals surface area contributed by atoms with E-state index in [0.717, 1.165) is 0 Å². The van der Waals surface area contributed by atoms with Crippen molar-refractivity contribution in [3.8, 4) is 6.07 Å². The number of nitrogens with zero attached hydrogens (tertiary/aromatic N) is 2. The number of allylic oxidation sites excluding steroid dienone is 1. The highest BCUT2D eigenvalue weighted by molar-refractivity contribution is 8.15. The van der Waals surface area contributed by atoms with E-state index in [1.807, 2.05) is 18.2 Å². The summed E-state index contributed by atoms with van der Waals surface area (Å²) in [7, 11) is 0. The van der Waals surface area contributed by atoms with Crippen LogP contribution in [0.25, 0.3) is 5.70 Å². The van der Waals surface area contributed by atoms with Crippen LogP contribution in [0.4, 0.5) is 0 Å². The second kappa shape index (κ2) is 8.62. The number of rotatable bonds is 6. The van der Waals surface area contributed by atoms with Gasteiger partial charge in [-0.2, -0.15) is 9.83 Å². The number of ether oxygens (including phenoxy) is 1. The average Bonchev–Trinajstić information content (AvgIpc) is 2.41. The van der Waals surface area contributed by atoms with E-state index < -0.39 is 0 Å². The number of thiol groups is 1. The van der Waals surface area contributed by atoms with Crippen LogP contribution in [0, 0.1) is 11.3 Å². The Hall–Kier alpha value is -1.45. The summed E-state index contributed by atoms with van der Waals surface area (Å²) in [5, 5.41) is 9.16. The number of carbonyl (C=O) groups is 1. The van der Waals surface area contributed by atoms with Crippen molar-refractivity contribution < 1.29 is 14.1 Å². The Morgan fingerprint density at radius 1 is 1.42 bits per heavy atom. The Balaban J connectivity index is 2.63. The first kappa shape index (κ1) is 15.6. The fourth-order valence-electron chi connectivity index (χ4n) is 1.30. The van der Waals surface area contributed by atoms with Crippen molar-refractivity contribution in [1.29, 1.82) is 5.26 Å². The van der Waals surface area contributed by atoms with E-state index in [1.54, 1.807) is 23.9 Å². The minimum absolute atomic E-state index is 0.234. The van der Waals surface area contributed by atoms with Crippen molar-refractivity contribution in [2.75, 3.05) is 12.4 Å². The van der Waals surface area contributed by atoms with Gasteiger partial charge in [-0.1, -0.05) is 6.07 Å². The van der Waals surface area contributed by atoms with Crippen molar-refractivity contribution in [1.82, 2.24) is 0 Å². The molecule has 1 aromatic heterocycles. The molecule has 1 aromatic rings. The van der Waals surface area contributed by atoms with Crippen LogP contribution in [-0.2, 0) is 9.53 Å². The van der Waals surface area contributed by atoms with E-state index in [9.17, 15) is 4.79 Å².